The smallest absolute Gasteiger partial charge is 0.384 e. The minimum absolute atomic E-state index is 0.0551. The molecule has 0 radical (unpaired) electrons. The quantitative estimate of drug-likeness (QED) is 0.622. The maximum absolute atomic E-state index is 11.1. The van der Waals surface area contributed by atoms with Gasteiger partial charge in [0, 0.05) is 11.5 Å². The minimum Gasteiger partial charge on any atom is -0.478 e. The van der Waals surface area contributed by atoms with Gasteiger partial charge in [-0.05, 0) is 25.1 Å². The van der Waals surface area contributed by atoms with E-state index in [1.807, 2.05) is 0 Å². The van der Waals surface area contributed by atoms with E-state index in [1.165, 1.54) is 0 Å². The van der Waals surface area contributed by atoms with Crippen LogP contribution in [0.2, 0.25) is 0 Å². The summed E-state index contributed by atoms with van der Waals surface area (Å²) in [6.07, 6.45) is 0. The van der Waals surface area contributed by atoms with Crippen molar-refractivity contribution in [2.24, 2.45) is 0 Å². The van der Waals surface area contributed by atoms with Crippen LogP contribution < -0.4 is 0 Å². The topological polar surface area (TPSA) is 101 Å². The van der Waals surface area contributed by atoms with Crippen LogP contribution in [0.3, 0.4) is 0 Å². The monoisotopic (exact) mass is 262 g/mol. The molecule has 2 N–H and O–H groups in total. The first-order valence-corrected chi connectivity index (χ1v) is 5.25. The van der Waals surface area contributed by atoms with Gasteiger partial charge in [0.1, 0.15) is 0 Å². The van der Waals surface area contributed by atoms with Crippen LogP contribution in [0.25, 0.3) is 0 Å². The second kappa shape index (κ2) is 6.21. The SMILES string of the molecule is CCOC(=O)C#Cc1cc(C(=O)O)ccc1C(=O)O. The highest BCUT2D eigenvalue weighted by atomic mass is 16.5. The Labute approximate surface area is 108 Å². The van der Waals surface area contributed by atoms with Gasteiger partial charge in [0.25, 0.3) is 0 Å². The maximum atomic E-state index is 11.1. The molecule has 1 rings (SSSR count). The summed E-state index contributed by atoms with van der Waals surface area (Å²) >= 11 is 0. The Hall–Kier alpha value is -2.81. The minimum atomic E-state index is -1.26. The number of carboxylic acids is 2. The number of hydrogen-bond donors (Lipinski definition) is 2. The lowest BCUT2D eigenvalue weighted by Crippen LogP contribution is -2.05. The number of esters is 1. The van der Waals surface area contributed by atoms with Crippen molar-refractivity contribution < 1.29 is 29.3 Å². The number of carbonyl (C=O) groups is 3. The fraction of sp³-hybridized carbons (Fsp3) is 0.154. The summed E-state index contributed by atoms with van der Waals surface area (Å²) in [5.41, 5.74) is -0.347. The molecule has 0 aromatic heterocycles. The Bertz CT molecular complexity index is 591. The molecular formula is C13H10O6. The predicted molar refractivity (Wildman–Crippen MR) is 63.9 cm³/mol. The molecule has 1 aromatic carbocycles. The first-order valence-electron chi connectivity index (χ1n) is 5.25. The van der Waals surface area contributed by atoms with Crippen molar-refractivity contribution in [3.8, 4) is 11.8 Å². The highest BCUT2D eigenvalue weighted by molar-refractivity contribution is 5.96. The Morgan fingerprint density at radius 3 is 2.42 bits per heavy atom. The van der Waals surface area contributed by atoms with Crippen LogP contribution in [0.5, 0.6) is 0 Å². The van der Waals surface area contributed by atoms with Gasteiger partial charge in [0.2, 0.25) is 0 Å². The number of carboxylic acid groups (broad SMARTS) is 2. The highest BCUT2D eigenvalue weighted by Gasteiger charge is 2.12. The number of carbonyl (C=O) groups excluding carboxylic acids is 1. The zero-order chi connectivity index (χ0) is 14.4. The number of ether oxygens (including phenoxy) is 1. The second-order valence-corrected chi connectivity index (χ2v) is 3.34. The third kappa shape index (κ3) is 3.85. The number of benzene rings is 1. The zero-order valence-corrected chi connectivity index (χ0v) is 9.97. The molecule has 0 saturated heterocycles. The van der Waals surface area contributed by atoms with Gasteiger partial charge in [-0.2, -0.15) is 0 Å². The second-order valence-electron chi connectivity index (χ2n) is 3.34. The Balaban J connectivity index is 3.22. The van der Waals surface area contributed by atoms with Crippen molar-refractivity contribution in [3.05, 3.63) is 34.9 Å². The lowest BCUT2D eigenvalue weighted by atomic mass is 10.0. The van der Waals surface area contributed by atoms with Crippen molar-refractivity contribution in [2.45, 2.75) is 6.92 Å². The van der Waals surface area contributed by atoms with Gasteiger partial charge < -0.3 is 14.9 Å². The van der Waals surface area contributed by atoms with Crippen LogP contribution in [0.1, 0.15) is 33.2 Å². The van der Waals surface area contributed by atoms with Crippen LogP contribution in [0.4, 0.5) is 0 Å². The molecule has 19 heavy (non-hydrogen) atoms. The Kier molecular flexibility index (Phi) is 4.66. The van der Waals surface area contributed by atoms with Crippen molar-refractivity contribution in [3.63, 3.8) is 0 Å². The van der Waals surface area contributed by atoms with E-state index in [0.29, 0.717) is 0 Å². The van der Waals surface area contributed by atoms with Gasteiger partial charge in [-0.3, -0.25) is 0 Å². The predicted octanol–water partition coefficient (Wildman–Crippen LogP) is 0.998. The summed E-state index contributed by atoms with van der Waals surface area (Å²) in [5.74, 6) is 1.12. The lowest BCUT2D eigenvalue weighted by Gasteiger charge is -2.01. The Morgan fingerprint density at radius 1 is 1.21 bits per heavy atom. The molecule has 0 amide bonds. The summed E-state index contributed by atoms with van der Waals surface area (Å²) in [6.45, 7) is 1.75. The van der Waals surface area contributed by atoms with E-state index in [0.717, 1.165) is 18.2 Å². The molecule has 0 aliphatic rings. The molecule has 98 valence electrons. The van der Waals surface area contributed by atoms with Gasteiger partial charge in [-0.1, -0.05) is 5.92 Å². The fourth-order valence-electron chi connectivity index (χ4n) is 1.25. The fourth-order valence-corrected chi connectivity index (χ4v) is 1.25. The van der Waals surface area contributed by atoms with Crippen molar-refractivity contribution in [1.29, 1.82) is 0 Å². The molecular weight excluding hydrogens is 252 g/mol. The van der Waals surface area contributed by atoms with Crippen LogP contribution in [-0.4, -0.2) is 34.7 Å². The molecule has 0 fully saturated rings. The molecule has 0 unspecified atom stereocenters. The molecule has 0 saturated carbocycles. The third-order valence-electron chi connectivity index (χ3n) is 2.07. The van der Waals surface area contributed by atoms with E-state index >= 15 is 0 Å². The first kappa shape index (κ1) is 14.3. The average molecular weight is 262 g/mol. The van der Waals surface area contributed by atoms with Gasteiger partial charge in [0.15, 0.2) is 0 Å². The van der Waals surface area contributed by atoms with E-state index in [4.69, 9.17) is 10.2 Å². The van der Waals surface area contributed by atoms with Gasteiger partial charge >= 0.3 is 17.9 Å². The van der Waals surface area contributed by atoms with Crippen molar-refractivity contribution in [2.75, 3.05) is 6.61 Å². The summed E-state index contributed by atoms with van der Waals surface area (Å²) in [7, 11) is 0. The first-order chi connectivity index (χ1) is 8.95. The summed E-state index contributed by atoms with van der Waals surface area (Å²) in [5, 5.41) is 17.7. The molecule has 6 heteroatoms. The van der Waals surface area contributed by atoms with Crippen molar-refractivity contribution >= 4 is 17.9 Å². The molecule has 6 nitrogen and oxygen atoms in total. The van der Waals surface area contributed by atoms with E-state index in [2.05, 4.69) is 16.6 Å². The molecule has 0 bridgehead atoms. The van der Waals surface area contributed by atoms with Crippen LogP contribution in [0.15, 0.2) is 18.2 Å². The molecule has 0 aliphatic carbocycles. The third-order valence-corrected chi connectivity index (χ3v) is 2.07. The van der Waals surface area contributed by atoms with E-state index in [9.17, 15) is 14.4 Å². The van der Waals surface area contributed by atoms with Gasteiger partial charge in [0.05, 0.1) is 17.7 Å². The molecule has 1 aromatic rings. The molecule has 0 spiro atoms. The van der Waals surface area contributed by atoms with Crippen LogP contribution >= 0.6 is 0 Å². The molecule has 0 atom stereocenters. The zero-order valence-electron chi connectivity index (χ0n) is 9.97. The van der Waals surface area contributed by atoms with E-state index in [1.54, 1.807) is 6.92 Å². The Morgan fingerprint density at radius 2 is 1.89 bits per heavy atom. The average Bonchev–Trinajstić information content (AvgIpc) is 2.36. The van der Waals surface area contributed by atoms with E-state index in [-0.39, 0.29) is 23.3 Å². The number of rotatable bonds is 3. The van der Waals surface area contributed by atoms with Crippen LogP contribution in [-0.2, 0) is 9.53 Å². The summed E-state index contributed by atoms with van der Waals surface area (Å²) in [4.78, 5) is 32.8. The molecule has 0 aliphatic heterocycles. The maximum Gasteiger partial charge on any atom is 0.384 e. The standard InChI is InChI=1S/C13H10O6/c1-2-19-11(14)6-4-8-7-9(12(15)16)3-5-10(8)13(17)18/h3,5,7H,2H2,1H3,(H,15,16)(H,17,18). The lowest BCUT2D eigenvalue weighted by molar-refractivity contribution is -0.136. The summed E-state index contributed by atoms with van der Waals surface area (Å²) < 4.78 is 4.57. The van der Waals surface area contributed by atoms with Gasteiger partial charge in [-0.15, -0.1) is 0 Å². The van der Waals surface area contributed by atoms with Crippen molar-refractivity contribution in [1.82, 2.24) is 0 Å². The molecule has 0 heterocycles. The number of aromatic carboxylic acids is 2. The largest absolute Gasteiger partial charge is 0.478 e. The van der Waals surface area contributed by atoms with Gasteiger partial charge in [-0.25, -0.2) is 14.4 Å². The highest BCUT2D eigenvalue weighted by Crippen LogP contribution is 2.11. The van der Waals surface area contributed by atoms with E-state index < -0.39 is 17.9 Å². The normalized spacial score (nSPS) is 9.11. The van der Waals surface area contributed by atoms with Crippen LogP contribution in [0, 0.1) is 11.8 Å². The summed E-state index contributed by atoms with van der Waals surface area (Å²) in [6, 6.07) is 3.38. The number of hydrogen-bond acceptors (Lipinski definition) is 4.